The number of hydrogen-bond donors (Lipinski definition) is 1. The Morgan fingerprint density at radius 3 is 2.26 bits per heavy atom. The Labute approximate surface area is 111 Å². The van der Waals surface area contributed by atoms with E-state index in [9.17, 15) is 9.59 Å². The third kappa shape index (κ3) is 3.25. The van der Waals surface area contributed by atoms with Crippen LogP contribution in [-0.2, 0) is 4.79 Å². The van der Waals surface area contributed by atoms with Gasteiger partial charge in [0.2, 0.25) is 5.91 Å². The number of carbonyl (C=O) groups is 2. The second kappa shape index (κ2) is 5.91. The monoisotopic (exact) mass is 254 g/mol. The van der Waals surface area contributed by atoms with Gasteiger partial charge in [0.25, 0.3) is 0 Å². The number of rotatable bonds is 4. The third-order valence-corrected chi connectivity index (χ3v) is 2.71. The minimum absolute atomic E-state index is 0.149. The van der Waals surface area contributed by atoms with Gasteiger partial charge >= 0.3 is 0 Å². The van der Waals surface area contributed by atoms with Gasteiger partial charge in [-0.1, -0.05) is 30.3 Å². The molecule has 1 unspecified atom stereocenters. The maximum Gasteiger partial charge on any atom is 0.217 e. The summed E-state index contributed by atoms with van der Waals surface area (Å²) in [4.78, 5) is 27.6. The lowest BCUT2D eigenvalue weighted by atomic mass is 9.98. The number of Topliss-reactive ketones (excluding diaryl/α,β-unsaturated/α-hetero) is 1. The highest BCUT2D eigenvalue weighted by Crippen LogP contribution is 2.18. The minimum atomic E-state index is -0.666. The maximum absolute atomic E-state index is 12.4. The van der Waals surface area contributed by atoms with Crippen molar-refractivity contribution in [3.63, 3.8) is 0 Å². The van der Waals surface area contributed by atoms with Gasteiger partial charge in [0.05, 0.1) is 0 Å². The van der Waals surface area contributed by atoms with Crippen LogP contribution in [0.15, 0.2) is 54.9 Å². The van der Waals surface area contributed by atoms with Gasteiger partial charge in [-0.05, 0) is 17.7 Å². The highest BCUT2D eigenvalue weighted by Gasteiger charge is 2.22. The van der Waals surface area contributed by atoms with Crippen LogP contribution in [-0.4, -0.2) is 16.7 Å². The number of ketones is 1. The molecule has 96 valence electrons. The Kier molecular flexibility index (Phi) is 4.03. The van der Waals surface area contributed by atoms with Crippen molar-refractivity contribution in [2.45, 2.75) is 13.0 Å². The summed E-state index contributed by atoms with van der Waals surface area (Å²) >= 11 is 0. The van der Waals surface area contributed by atoms with E-state index in [1.54, 1.807) is 24.5 Å². The summed E-state index contributed by atoms with van der Waals surface area (Å²) in [5, 5.41) is 2.69. The average Bonchev–Trinajstić information content (AvgIpc) is 2.46. The number of nitrogens with zero attached hydrogens (tertiary/aromatic N) is 1. The molecule has 1 heterocycles. The fraction of sp³-hybridized carbons (Fsp3) is 0.133. The van der Waals surface area contributed by atoms with E-state index in [2.05, 4.69) is 10.3 Å². The molecule has 0 radical (unpaired) electrons. The topological polar surface area (TPSA) is 59.1 Å². The van der Waals surface area contributed by atoms with Crippen LogP contribution in [0.1, 0.15) is 28.9 Å². The quantitative estimate of drug-likeness (QED) is 0.850. The molecule has 0 fully saturated rings. The molecule has 19 heavy (non-hydrogen) atoms. The summed E-state index contributed by atoms with van der Waals surface area (Å²) in [6.07, 6.45) is 3.12. The van der Waals surface area contributed by atoms with E-state index in [0.29, 0.717) is 5.56 Å². The molecule has 1 aromatic heterocycles. The fourth-order valence-electron chi connectivity index (χ4n) is 1.83. The summed E-state index contributed by atoms with van der Waals surface area (Å²) in [7, 11) is 0. The predicted molar refractivity (Wildman–Crippen MR) is 71.6 cm³/mol. The van der Waals surface area contributed by atoms with Gasteiger partial charge in [-0.25, -0.2) is 0 Å². The number of carbonyl (C=O) groups excluding carboxylic acids is 2. The van der Waals surface area contributed by atoms with Gasteiger partial charge in [0.1, 0.15) is 6.04 Å². The molecule has 0 aliphatic carbocycles. The van der Waals surface area contributed by atoms with Crippen LogP contribution in [0.25, 0.3) is 0 Å². The van der Waals surface area contributed by atoms with Crippen LogP contribution in [0.3, 0.4) is 0 Å². The smallest absolute Gasteiger partial charge is 0.217 e. The van der Waals surface area contributed by atoms with E-state index < -0.39 is 6.04 Å². The summed E-state index contributed by atoms with van der Waals surface area (Å²) < 4.78 is 0. The SMILES string of the molecule is CC(=O)NC(C(=O)c1ccncc1)c1ccccc1. The van der Waals surface area contributed by atoms with E-state index in [-0.39, 0.29) is 11.7 Å². The maximum atomic E-state index is 12.4. The van der Waals surface area contributed by atoms with Crippen molar-refractivity contribution in [3.05, 3.63) is 66.0 Å². The molecule has 0 saturated carbocycles. The zero-order valence-corrected chi connectivity index (χ0v) is 10.5. The largest absolute Gasteiger partial charge is 0.342 e. The zero-order chi connectivity index (χ0) is 13.7. The fourth-order valence-corrected chi connectivity index (χ4v) is 1.83. The third-order valence-electron chi connectivity index (χ3n) is 2.71. The average molecular weight is 254 g/mol. The van der Waals surface area contributed by atoms with E-state index in [1.165, 1.54) is 6.92 Å². The van der Waals surface area contributed by atoms with Gasteiger partial charge in [-0.3, -0.25) is 14.6 Å². The van der Waals surface area contributed by atoms with Crippen molar-refractivity contribution in [1.29, 1.82) is 0 Å². The standard InChI is InChI=1S/C15H14N2O2/c1-11(18)17-14(12-5-3-2-4-6-12)15(19)13-7-9-16-10-8-13/h2-10,14H,1H3,(H,17,18). The number of nitrogens with one attached hydrogen (secondary N) is 1. The van der Waals surface area contributed by atoms with Gasteiger partial charge in [-0.15, -0.1) is 0 Å². The Bertz CT molecular complexity index is 567. The van der Waals surface area contributed by atoms with Crippen LogP contribution in [0.2, 0.25) is 0 Å². The molecule has 2 rings (SSSR count). The van der Waals surface area contributed by atoms with Gasteiger partial charge < -0.3 is 5.32 Å². The van der Waals surface area contributed by atoms with E-state index in [1.807, 2.05) is 30.3 Å². The molecule has 0 aliphatic rings. The Morgan fingerprint density at radius 2 is 1.68 bits per heavy atom. The number of benzene rings is 1. The van der Waals surface area contributed by atoms with Gasteiger partial charge in [0.15, 0.2) is 5.78 Å². The first-order valence-electron chi connectivity index (χ1n) is 5.95. The molecular weight excluding hydrogens is 240 g/mol. The van der Waals surface area contributed by atoms with Crippen molar-refractivity contribution in [2.75, 3.05) is 0 Å². The first-order valence-corrected chi connectivity index (χ1v) is 5.95. The Balaban J connectivity index is 2.33. The molecule has 1 N–H and O–H groups in total. The summed E-state index contributed by atoms with van der Waals surface area (Å²) in [5.74, 6) is -0.389. The normalized spacial score (nSPS) is 11.6. The van der Waals surface area contributed by atoms with Crippen molar-refractivity contribution >= 4 is 11.7 Å². The first-order chi connectivity index (χ1) is 9.18. The summed E-state index contributed by atoms with van der Waals surface area (Å²) in [5.41, 5.74) is 1.29. The van der Waals surface area contributed by atoms with Crippen molar-refractivity contribution in [3.8, 4) is 0 Å². The predicted octanol–water partition coefficient (Wildman–Crippen LogP) is 2.14. The lowest BCUT2D eigenvalue weighted by Crippen LogP contribution is -2.32. The highest BCUT2D eigenvalue weighted by molar-refractivity contribution is 6.02. The highest BCUT2D eigenvalue weighted by atomic mass is 16.2. The Hall–Kier alpha value is -2.49. The summed E-state index contributed by atoms with van der Waals surface area (Å²) in [6.45, 7) is 1.40. The van der Waals surface area contributed by atoms with Crippen LogP contribution in [0, 0.1) is 0 Å². The van der Waals surface area contributed by atoms with Crippen LogP contribution in [0.4, 0.5) is 0 Å². The molecule has 2 aromatic rings. The second-order valence-electron chi connectivity index (χ2n) is 4.14. The molecule has 1 amide bonds. The van der Waals surface area contributed by atoms with E-state index >= 15 is 0 Å². The van der Waals surface area contributed by atoms with Crippen molar-refractivity contribution in [2.24, 2.45) is 0 Å². The van der Waals surface area contributed by atoms with Gasteiger partial charge in [-0.2, -0.15) is 0 Å². The van der Waals surface area contributed by atoms with Crippen LogP contribution in [0.5, 0.6) is 0 Å². The molecule has 0 spiro atoms. The number of aromatic nitrogens is 1. The van der Waals surface area contributed by atoms with E-state index in [4.69, 9.17) is 0 Å². The summed E-state index contributed by atoms with van der Waals surface area (Å²) in [6, 6.07) is 11.8. The second-order valence-corrected chi connectivity index (χ2v) is 4.14. The minimum Gasteiger partial charge on any atom is -0.342 e. The van der Waals surface area contributed by atoms with Gasteiger partial charge in [0, 0.05) is 24.9 Å². The first kappa shape index (κ1) is 13.0. The van der Waals surface area contributed by atoms with Crippen LogP contribution < -0.4 is 5.32 Å². The molecule has 4 heteroatoms. The number of amides is 1. The van der Waals surface area contributed by atoms with Crippen molar-refractivity contribution < 1.29 is 9.59 Å². The number of pyridine rings is 1. The van der Waals surface area contributed by atoms with Crippen molar-refractivity contribution in [1.82, 2.24) is 10.3 Å². The molecule has 1 atom stereocenters. The molecule has 4 nitrogen and oxygen atoms in total. The van der Waals surface area contributed by atoms with Crippen LogP contribution >= 0.6 is 0 Å². The number of hydrogen-bond acceptors (Lipinski definition) is 3. The zero-order valence-electron chi connectivity index (χ0n) is 10.5. The molecule has 0 bridgehead atoms. The molecule has 1 aromatic carbocycles. The Morgan fingerprint density at radius 1 is 1.05 bits per heavy atom. The van der Waals surface area contributed by atoms with E-state index in [0.717, 1.165) is 5.56 Å². The molecular formula is C15H14N2O2. The molecule has 0 saturated heterocycles. The lowest BCUT2D eigenvalue weighted by molar-refractivity contribution is -0.119. The molecule has 0 aliphatic heterocycles. The lowest BCUT2D eigenvalue weighted by Gasteiger charge is -2.17.